The van der Waals surface area contributed by atoms with Gasteiger partial charge in [-0.3, -0.25) is 14.5 Å². The van der Waals surface area contributed by atoms with E-state index in [9.17, 15) is 9.59 Å². The molecule has 0 aliphatic carbocycles. The number of rotatable bonds is 7. The first kappa shape index (κ1) is 15.2. The normalized spacial score (nSPS) is 22.1. The van der Waals surface area contributed by atoms with Gasteiger partial charge < -0.3 is 5.32 Å². The van der Waals surface area contributed by atoms with Crippen LogP contribution < -0.4 is 5.32 Å². The van der Waals surface area contributed by atoms with Crippen molar-refractivity contribution >= 4 is 11.8 Å². The number of imide groups is 1. The van der Waals surface area contributed by atoms with Gasteiger partial charge in [0, 0.05) is 12.6 Å². The van der Waals surface area contributed by atoms with E-state index in [0.717, 1.165) is 19.3 Å². The number of hydrogen-bond acceptors (Lipinski definition) is 3. The molecule has 0 bridgehead atoms. The van der Waals surface area contributed by atoms with Crippen molar-refractivity contribution in [3.63, 3.8) is 0 Å². The molecule has 1 aliphatic rings. The van der Waals surface area contributed by atoms with Crippen LogP contribution in [0.25, 0.3) is 0 Å². The van der Waals surface area contributed by atoms with Gasteiger partial charge in [0.2, 0.25) is 11.8 Å². The molecule has 0 saturated carbocycles. The molecule has 2 amide bonds. The number of nitrogens with zero attached hydrogens (tertiary/aromatic N) is 1. The number of amides is 2. The van der Waals surface area contributed by atoms with E-state index < -0.39 is 0 Å². The Morgan fingerprint density at radius 3 is 2.39 bits per heavy atom. The Kier molecular flexibility index (Phi) is 5.79. The zero-order valence-electron chi connectivity index (χ0n) is 12.0. The minimum atomic E-state index is -0.306. The fourth-order valence-corrected chi connectivity index (χ4v) is 2.72. The van der Waals surface area contributed by atoms with Crippen molar-refractivity contribution in [1.82, 2.24) is 10.2 Å². The van der Waals surface area contributed by atoms with Crippen molar-refractivity contribution in [3.05, 3.63) is 0 Å². The molecule has 0 aromatic rings. The van der Waals surface area contributed by atoms with Gasteiger partial charge in [-0.25, -0.2) is 0 Å². The fraction of sp³-hybridized carbons (Fsp3) is 0.857. The van der Waals surface area contributed by atoms with Crippen LogP contribution in [-0.2, 0) is 9.59 Å². The van der Waals surface area contributed by atoms with Crippen LogP contribution in [-0.4, -0.2) is 35.3 Å². The van der Waals surface area contributed by atoms with E-state index in [1.165, 1.54) is 4.90 Å². The number of nitrogens with one attached hydrogen (secondary N) is 1. The van der Waals surface area contributed by atoms with E-state index >= 15 is 0 Å². The molecule has 2 atom stereocenters. The van der Waals surface area contributed by atoms with Crippen LogP contribution in [0.2, 0.25) is 0 Å². The highest BCUT2D eigenvalue weighted by atomic mass is 16.2. The molecule has 1 heterocycles. The molecule has 4 nitrogen and oxygen atoms in total. The molecule has 4 heteroatoms. The third kappa shape index (κ3) is 3.31. The van der Waals surface area contributed by atoms with Crippen molar-refractivity contribution < 1.29 is 9.59 Å². The molecule has 1 saturated heterocycles. The minimum Gasteiger partial charge on any atom is -0.303 e. The molecule has 1 rings (SSSR count). The second kappa shape index (κ2) is 6.88. The van der Waals surface area contributed by atoms with Crippen molar-refractivity contribution in [2.75, 3.05) is 6.54 Å². The SMILES string of the molecule is CCCN1C(=O)CC(NC(C)C(CC)CC)C1=O. The Morgan fingerprint density at radius 1 is 1.28 bits per heavy atom. The number of hydrogen-bond donors (Lipinski definition) is 1. The summed E-state index contributed by atoms with van der Waals surface area (Å²) >= 11 is 0. The predicted molar refractivity (Wildman–Crippen MR) is 72.1 cm³/mol. The first-order chi connectivity index (χ1) is 8.54. The molecule has 104 valence electrons. The summed E-state index contributed by atoms with van der Waals surface area (Å²) in [4.78, 5) is 25.2. The van der Waals surface area contributed by atoms with E-state index in [-0.39, 0.29) is 23.9 Å². The van der Waals surface area contributed by atoms with Crippen LogP contribution in [0, 0.1) is 5.92 Å². The number of likely N-dealkylation sites (tertiary alicyclic amines) is 1. The summed E-state index contributed by atoms with van der Waals surface area (Å²) in [7, 11) is 0. The lowest BCUT2D eigenvalue weighted by Crippen LogP contribution is -2.45. The summed E-state index contributed by atoms with van der Waals surface area (Å²) < 4.78 is 0. The summed E-state index contributed by atoms with van der Waals surface area (Å²) in [5.41, 5.74) is 0. The van der Waals surface area contributed by atoms with Crippen LogP contribution in [0.3, 0.4) is 0 Å². The second-order valence-corrected chi connectivity index (χ2v) is 5.17. The van der Waals surface area contributed by atoms with Crippen LogP contribution in [0.15, 0.2) is 0 Å². The highest BCUT2D eigenvalue weighted by Gasteiger charge is 2.38. The van der Waals surface area contributed by atoms with E-state index in [1.54, 1.807) is 0 Å². The van der Waals surface area contributed by atoms with E-state index in [2.05, 4.69) is 26.1 Å². The zero-order chi connectivity index (χ0) is 13.7. The highest BCUT2D eigenvalue weighted by molar-refractivity contribution is 6.05. The van der Waals surface area contributed by atoms with E-state index in [1.807, 2.05) is 6.92 Å². The van der Waals surface area contributed by atoms with Gasteiger partial charge in [0.1, 0.15) is 0 Å². The molecule has 0 radical (unpaired) electrons. The maximum absolute atomic E-state index is 12.1. The Bertz CT molecular complexity index is 300. The van der Waals surface area contributed by atoms with Crippen molar-refractivity contribution in [2.45, 2.75) is 65.5 Å². The smallest absolute Gasteiger partial charge is 0.246 e. The molecule has 0 aromatic carbocycles. The van der Waals surface area contributed by atoms with Gasteiger partial charge in [-0.2, -0.15) is 0 Å². The van der Waals surface area contributed by atoms with Crippen LogP contribution in [0.4, 0.5) is 0 Å². The highest BCUT2D eigenvalue weighted by Crippen LogP contribution is 2.18. The third-order valence-electron chi connectivity index (χ3n) is 3.91. The molecule has 2 unspecified atom stereocenters. The lowest BCUT2D eigenvalue weighted by molar-refractivity contribution is -0.138. The molecule has 0 aromatic heterocycles. The quantitative estimate of drug-likeness (QED) is 0.706. The van der Waals surface area contributed by atoms with Crippen molar-refractivity contribution in [1.29, 1.82) is 0 Å². The molecule has 1 fully saturated rings. The van der Waals surface area contributed by atoms with Crippen molar-refractivity contribution in [3.8, 4) is 0 Å². The summed E-state index contributed by atoms with van der Waals surface area (Å²) in [5, 5.41) is 3.34. The van der Waals surface area contributed by atoms with Crippen LogP contribution >= 0.6 is 0 Å². The molecular weight excluding hydrogens is 228 g/mol. The first-order valence-electron chi connectivity index (χ1n) is 7.15. The Labute approximate surface area is 110 Å². The van der Waals surface area contributed by atoms with Gasteiger partial charge in [0.15, 0.2) is 0 Å². The van der Waals surface area contributed by atoms with Gasteiger partial charge in [-0.05, 0) is 19.3 Å². The number of carbonyl (C=O) groups is 2. The topological polar surface area (TPSA) is 49.4 Å². The summed E-state index contributed by atoms with van der Waals surface area (Å²) in [6, 6.07) is -0.0250. The predicted octanol–water partition coefficient (Wildman–Crippen LogP) is 1.94. The van der Waals surface area contributed by atoms with Gasteiger partial charge in [0.25, 0.3) is 0 Å². The summed E-state index contributed by atoms with van der Waals surface area (Å²) in [5.74, 6) is 0.490. The third-order valence-corrected chi connectivity index (χ3v) is 3.91. The molecule has 0 spiro atoms. The maximum Gasteiger partial charge on any atom is 0.246 e. The average molecular weight is 254 g/mol. The van der Waals surface area contributed by atoms with Crippen LogP contribution in [0.1, 0.15) is 53.4 Å². The van der Waals surface area contributed by atoms with Crippen LogP contribution in [0.5, 0.6) is 0 Å². The lowest BCUT2D eigenvalue weighted by Gasteiger charge is -2.25. The van der Waals surface area contributed by atoms with Gasteiger partial charge >= 0.3 is 0 Å². The van der Waals surface area contributed by atoms with E-state index in [4.69, 9.17) is 0 Å². The minimum absolute atomic E-state index is 0.0314. The Hall–Kier alpha value is -0.900. The van der Waals surface area contributed by atoms with Gasteiger partial charge in [-0.15, -0.1) is 0 Å². The van der Waals surface area contributed by atoms with Gasteiger partial charge in [0.05, 0.1) is 12.5 Å². The monoisotopic (exact) mass is 254 g/mol. The molecule has 1 N–H and O–H groups in total. The number of carbonyl (C=O) groups excluding carboxylic acids is 2. The molecule has 1 aliphatic heterocycles. The Morgan fingerprint density at radius 2 is 1.89 bits per heavy atom. The largest absolute Gasteiger partial charge is 0.303 e. The first-order valence-corrected chi connectivity index (χ1v) is 7.15. The maximum atomic E-state index is 12.1. The Balaban J connectivity index is 2.59. The molecule has 18 heavy (non-hydrogen) atoms. The molecular formula is C14H26N2O2. The lowest BCUT2D eigenvalue weighted by atomic mass is 9.95. The fourth-order valence-electron chi connectivity index (χ4n) is 2.72. The van der Waals surface area contributed by atoms with E-state index in [0.29, 0.717) is 18.9 Å². The van der Waals surface area contributed by atoms with Crippen molar-refractivity contribution in [2.24, 2.45) is 5.92 Å². The summed E-state index contributed by atoms with van der Waals surface area (Å²) in [6.07, 6.45) is 3.34. The summed E-state index contributed by atoms with van der Waals surface area (Å²) in [6.45, 7) is 8.97. The average Bonchev–Trinajstić information content (AvgIpc) is 2.59. The standard InChI is InChI=1S/C14H26N2O2/c1-5-8-16-13(17)9-12(14(16)18)15-10(4)11(6-2)7-3/h10-12,15H,5-9H2,1-4H3. The second-order valence-electron chi connectivity index (χ2n) is 5.17. The van der Waals surface area contributed by atoms with Gasteiger partial charge in [-0.1, -0.05) is 33.6 Å². The zero-order valence-corrected chi connectivity index (χ0v) is 12.0.